The molecule has 0 saturated carbocycles. The van der Waals surface area contributed by atoms with Crippen molar-refractivity contribution < 1.29 is 18.9 Å². The molecule has 0 fully saturated rings. The minimum atomic E-state index is 0.667. The molecule has 0 radical (unpaired) electrons. The molecule has 0 aliphatic heterocycles. The molecule has 0 aliphatic rings. The highest BCUT2D eigenvalue weighted by molar-refractivity contribution is 5.55. The zero-order valence-electron chi connectivity index (χ0n) is 13.7. The molecule has 118 valence electrons. The summed E-state index contributed by atoms with van der Waals surface area (Å²) in [5, 5.41) is 0. The number of hydrogen-bond donors (Lipinski definition) is 0. The van der Waals surface area contributed by atoms with Crippen LogP contribution in [0.1, 0.15) is 16.7 Å². The lowest BCUT2D eigenvalue weighted by molar-refractivity contribution is 0.347. The molecule has 0 spiro atoms. The number of ether oxygens (including phenoxy) is 4. The molecule has 0 aliphatic carbocycles. The Morgan fingerprint density at radius 2 is 1.32 bits per heavy atom. The van der Waals surface area contributed by atoms with Crippen LogP contribution >= 0.6 is 0 Å². The monoisotopic (exact) mass is 302 g/mol. The topological polar surface area (TPSA) is 36.9 Å². The van der Waals surface area contributed by atoms with E-state index < -0.39 is 0 Å². The Bertz CT molecular complexity index is 650. The van der Waals surface area contributed by atoms with E-state index in [1.165, 1.54) is 0 Å². The van der Waals surface area contributed by atoms with E-state index in [4.69, 9.17) is 18.9 Å². The summed E-state index contributed by atoms with van der Waals surface area (Å²) in [5.41, 5.74) is 3.11. The largest absolute Gasteiger partial charge is 0.493 e. The van der Waals surface area contributed by atoms with Gasteiger partial charge in [-0.15, -0.1) is 0 Å². The Labute approximate surface area is 131 Å². The molecule has 0 amide bonds. The Morgan fingerprint density at radius 3 is 1.91 bits per heavy atom. The van der Waals surface area contributed by atoms with E-state index in [1.54, 1.807) is 28.4 Å². The smallest absolute Gasteiger partial charge is 0.164 e. The molecule has 0 aromatic heterocycles. The third-order valence-corrected chi connectivity index (χ3v) is 3.66. The molecule has 4 heteroatoms. The van der Waals surface area contributed by atoms with E-state index in [0.717, 1.165) is 39.7 Å². The quantitative estimate of drug-likeness (QED) is 0.816. The van der Waals surface area contributed by atoms with E-state index in [2.05, 4.69) is 6.07 Å². The van der Waals surface area contributed by atoms with Crippen molar-refractivity contribution in [1.82, 2.24) is 0 Å². The van der Waals surface area contributed by atoms with Crippen molar-refractivity contribution in [2.45, 2.75) is 13.3 Å². The van der Waals surface area contributed by atoms with E-state index in [0.29, 0.717) is 6.42 Å². The van der Waals surface area contributed by atoms with Gasteiger partial charge in [-0.3, -0.25) is 0 Å². The first-order chi connectivity index (χ1) is 10.7. The number of aryl methyl sites for hydroxylation is 1. The van der Waals surface area contributed by atoms with Crippen LogP contribution in [0.15, 0.2) is 30.3 Å². The van der Waals surface area contributed by atoms with Crippen LogP contribution in [0.25, 0.3) is 0 Å². The highest BCUT2D eigenvalue weighted by Crippen LogP contribution is 2.38. The molecule has 0 saturated heterocycles. The molecule has 0 bridgehead atoms. The van der Waals surface area contributed by atoms with Crippen molar-refractivity contribution >= 4 is 0 Å². The first-order valence-corrected chi connectivity index (χ1v) is 7.06. The summed E-state index contributed by atoms with van der Waals surface area (Å²) >= 11 is 0. The van der Waals surface area contributed by atoms with Crippen molar-refractivity contribution in [3.8, 4) is 23.0 Å². The molecule has 2 aromatic carbocycles. The second kappa shape index (κ2) is 7.07. The Hall–Kier alpha value is -2.36. The third kappa shape index (κ3) is 2.96. The Balaban J connectivity index is 2.48. The summed E-state index contributed by atoms with van der Waals surface area (Å²) in [7, 11) is 6.59. The summed E-state index contributed by atoms with van der Waals surface area (Å²) < 4.78 is 21.9. The number of para-hydroxylation sites is 1. The molecule has 22 heavy (non-hydrogen) atoms. The predicted molar refractivity (Wildman–Crippen MR) is 86.6 cm³/mol. The minimum Gasteiger partial charge on any atom is -0.493 e. The summed E-state index contributed by atoms with van der Waals surface area (Å²) in [5.74, 6) is 2.99. The lowest BCUT2D eigenvalue weighted by atomic mass is 10.0. The molecule has 0 heterocycles. The zero-order valence-corrected chi connectivity index (χ0v) is 13.7. The van der Waals surface area contributed by atoms with Gasteiger partial charge < -0.3 is 18.9 Å². The number of hydrogen-bond acceptors (Lipinski definition) is 4. The van der Waals surface area contributed by atoms with Gasteiger partial charge in [-0.05, 0) is 18.6 Å². The molecule has 0 atom stereocenters. The lowest BCUT2D eigenvalue weighted by Crippen LogP contribution is -2.01. The molecule has 0 N–H and O–H groups in total. The highest BCUT2D eigenvalue weighted by Gasteiger charge is 2.16. The fourth-order valence-electron chi connectivity index (χ4n) is 2.62. The summed E-state index contributed by atoms with van der Waals surface area (Å²) in [4.78, 5) is 0. The second-order valence-electron chi connectivity index (χ2n) is 4.94. The maximum absolute atomic E-state index is 5.55. The minimum absolute atomic E-state index is 0.667. The fourth-order valence-corrected chi connectivity index (χ4v) is 2.62. The van der Waals surface area contributed by atoms with Gasteiger partial charge in [-0.2, -0.15) is 0 Å². The van der Waals surface area contributed by atoms with Gasteiger partial charge in [0.15, 0.2) is 23.0 Å². The van der Waals surface area contributed by atoms with Gasteiger partial charge >= 0.3 is 0 Å². The average Bonchev–Trinajstić information content (AvgIpc) is 2.55. The average molecular weight is 302 g/mol. The van der Waals surface area contributed by atoms with Crippen LogP contribution in [0.4, 0.5) is 0 Å². The van der Waals surface area contributed by atoms with Gasteiger partial charge in [0.2, 0.25) is 0 Å². The number of rotatable bonds is 6. The maximum atomic E-state index is 5.55. The van der Waals surface area contributed by atoms with E-state index in [-0.39, 0.29) is 0 Å². The predicted octanol–water partition coefficient (Wildman–Crippen LogP) is 3.62. The van der Waals surface area contributed by atoms with E-state index in [9.17, 15) is 0 Å². The number of methoxy groups -OCH3 is 4. The highest BCUT2D eigenvalue weighted by atomic mass is 16.5. The Morgan fingerprint density at radius 1 is 0.682 bits per heavy atom. The van der Waals surface area contributed by atoms with Gasteiger partial charge in [0.1, 0.15) is 0 Å². The van der Waals surface area contributed by atoms with Gasteiger partial charge in [0, 0.05) is 17.5 Å². The van der Waals surface area contributed by atoms with Crippen molar-refractivity contribution in [3.05, 3.63) is 47.0 Å². The summed E-state index contributed by atoms with van der Waals surface area (Å²) in [6.45, 7) is 2.00. The van der Waals surface area contributed by atoms with Crippen molar-refractivity contribution in [2.24, 2.45) is 0 Å². The van der Waals surface area contributed by atoms with Crippen molar-refractivity contribution in [1.29, 1.82) is 0 Å². The van der Waals surface area contributed by atoms with Crippen LogP contribution in [-0.2, 0) is 6.42 Å². The molecule has 4 nitrogen and oxygen atoms in total. The molecular weight excluding hydrogens is 280 g/mol. The third-order valence-electron chi connectivity index (χ3n) is 3.66. The standard InChI is InChI=1S/C18H22O4/c1-12-9-10-14(18(22-5)16(12)20-3)11-13-7-6-8-15(19-2)17(13)21-4/h6-10H,11H2,1-5H3. The first kappa shape index (κ1) is 16.0. The zero-order chi connectivity index (χ0) is 16.1. The second-order valence-corrected chi connectivity index (χ2v) is 4.94. The first-order valence-electron chi connectivity index (χ1n) is 7.06. The van der Waals surface area contributed by atoms with Gasteiger partial charge in [-0.1, -0.05) is 24.3 Å². The molecular formula is C18H22O4. The van der Waals surface area contributed by atoms with Gasteiger partial charge in [-0.25, -0.2) is 0 Å². The lowest BCUT2D eigenvalue weighted by Gasteiger charge is -2.17. The summed E-state index contributed by atoms with van der Waals surface area (Å²) in [6.07, 6.45) is 0.667. The van der Waals surface area contributed by atoms with Gasteiger partial charge in [0.25, 0.3) is 0 Å². The van der Waals surface area contributed by atoms with E-state index in [1.807, 2.05) is 31.2 Å². The van der Waals surface area contributed by atoms with Crippen LogP contribution in [0.2, 0.25) is 0 Å². The fraction of sp³-hybridized carbons (Fsp3) is 0.333. The van der Waals surface area contributed by atoms with Crippen molar-refractivity contribution in [3.63, 3.8) is 0 Å². The maximum Gasteiger partial charge on any atom is 0.164 e. The molecule has 2 rings (SSSR count). The normalized spacial score (nSPS) is 10.2. The van der Waals surface area contributed by atoms with Crippen molar-refractivity contribution in [2.75, 3.05) is 28.4 Å². The van der Waals surface area contributed by atoms with Crippen LogP contribution in [-0.4, -0.2) is 28.4 Å². The SMILES string of the molecule is COc1cccc(Cc2ccc(C)c(OC)c2OC)c1OC. The number of benzene rings is 2. The molecule has 2 aromatic rings. The van der Waals surface area contributed by atoms with Crippen LogP contribution in [0.5, 0.6) is 23.0 Å². The van der Waals surface area contributed by atoms with Crippen LogP contribution in [0, 0.1) is 6.92 Å². The Kier molecular flexibility index (Phi) is 5.15. The van der Waals surface area contributed by atoms with Crippen LogP contribution < -0.4 is 18.9 Å². The van der Waals surface area contributed by atoms with E-state index >= 15 is 0 Å². The summed E-state index contributed by atoms with van der Waals surface area (Å²) in [6, 6.07) is 9.94. The van der Waals surface area contributed by atoms with Gasteiger partial charge in [0.05, 0.1) is 28.4 Å². The molecule has 0 unspecified atom stereocenters. The van der Waals surface area contributed by atoms with Crippen LogP contribution in [0.3, 0.4) is 0 Å².